The van der Waals surface area contributed by atoms with Gasteiger partial charge in [-0.05, 0) is 44.4 Å². The maximum Gasteiger partial charge on any atom is 0.326 e. The molecule has 2 aliphatic heterocycles. The van der Waals surface area contributed by atoms with E-state index in [4.69, 9.17) is 17.2 Å². The maximum absolute atomic E-state index is 13.7. The normalized spacial score (nSPS) is 21.7. The topological polar surface area (TPSA) is 247 Å². The molecule has 0 aromatic heterocycles. The highest BCUT2D eigenvalue weighted by Gasteiger charge is 2.42. The van der Waals surface area contributed by atoms with Crippen LogP contribution in [0.4, 0.5) is 0 Å². The highest BCUT2D eigenvalue weighted by atomic mass is 16.4. The Morgan fingerprint density at radius 2 is 1.52 bits per heavy atom. The number of rotatable bonds is 14. The molecule has 4 amide bonds. The van der Waals surface area contributed by atoms with E-state index in [0.717, 1.165) is 0 Å². The second-order valence-electron chi connectivity index (χ2n) is 10.4. The van der Waals surface area contributed by atoms with Gasteiger partial charge in [-0.2, -0.15) is 0 Å². The molecule has 0 saturated carbocycles. The van der Waals surface area contributed by atoms with E-state index < -0.39 is 66.4 Å². The molecule has 0 bridgehead atoms. The Hall–Kier alpha value is -3.46. The quantitative estimate of drug-likeness (QED) is 0.0656. The number of aliphatic hydroxyl groups excluding tert-OH is 1. The smallest absolute Gasteiger partial charge is 0.326 e. The highest BCUT2D eigenvalue weighted by molar-refractivity contribution is 5.96. The van der Waals surface area contributed by atoms with E-state index in [-0.39, 0.29) is 31.4 Å². The van der Waals surface area contributed by atoms with Crippen molar-refractivity contribution in [2.75, 3.05) is 26.2 Å². The number of nitrogens with two attached hydrogens (primary N) is 3. The number of nitrogens with zero attached hydrogens (tertiary/aromatic N) is 3. The number of carboxylic acid groups (broad SMARTS) is 1. The number of aliphatic hydroxyl groups is 1. The van der Waals surface area contributed by atoms with Crippen LogP contribution in [-0.2, 0) is 24.0 Å². The average Bonchev–Trinajstić information content (AvgIpc) is 3.61. The van der Waals surface area contributed by atoms with Gasteiger partial charge in [-0.1, -0.05) is 20.3 Å². The van der Waals surface area contributed by atoms with Gasteiger partial charge in [0.1, 0.15) is 30.2 Å². The van der Waals surface area contributed by atoms with Crippen molar-refractivity contribution in [2.45, 2.75) is 89.0 Å². The van der Waals surface area contributed by atoms with Crippen LogP contribution >= 0.6 is 0 Å². The first-order chi connectivity index (χ1) is 18.9. The Morgan fingerprint density at radius 3 is 2.02 bits per heavy atom. The predicted octanol–water partition coefficient (Wildman–Crippen LogP) is -2.56. The van der Waals surface area contributed by atoms with Crippen LogP contribution in [0, 0.1) is 5.92 Å². The minimum absolute atomic E-state index is 0.0978. The lowest BCUT2D eigenvalue weighted by Crippen LogP contribution is -2.59. The molecule has 2 saturated heterocycles. The third kappa shape index (κ3) is 8.52. The molecule has 2 rings (SSSR count). The third-order valence-corrected chi connectivity index (χ3v) is 7.53. The number of aliphatic imine (C=N–C) groups is 1. The van der Waals surface area contributed by atoms with E-state index in [1.807, 2.05) is 13.8 Å². The van der Waals surface area contributed by atoms with Gasteiger partial charge in [-0.15, -0.1) is 0 Å². The van der Waals surface area contributed by atoms with Gasteiger partial charge in [0.05, 0.1) is 6.61 Å². The molecule has 0 aliphatic carbocycles. The van der Waals surface area contributed by atoms with E-state index in [1.54, 1.807) is 0 Å². The zero-order chi connectivity index (χ0) is 30.0. The van der Waals surface area contributed by atoms with Crippen molar-refractivity contribution in [3.63, 3.8) is 0 Å². The van der Waals surface area contributed by atoms with Gasteiger partial charge in [0.15, 0.2) is 5.96 Å². The van der Waals surface area contributed by atoms with Crippen LogP contribution in [0.1, 0.15) is 58.8 Å². The zero-order valence-electron chi connectivity index (χ0n) is 23.3. The van der Waals surface area contributed by atoms with Crippen molar-refractivity contribution < 1.29 is 34.2 Å². The van der Waals surface area contributed by atoms with Gasteiger partial charge >= 0.3 is 5.97 Å². The summed E-state index contributed by atoms with van der Waals surface area (Å²) in [7, 11) is 0. The summed E-state index contributed by atoms with van der Waals surface area (Å²) in [5, 5.41) is 24.2. The molecule has 0 aromatic rings. The second kappa shape index (κ2) is 15.4. The van der Waals surface area contributed by atoms with Gasteiger partial charge < -0.3 is 47.8 Å². The molecule has 15 nitrogen and oxygen atoms in total. The molecule has 0 unspecified atom stereocenters. The first-order valence-corrected chi connectivity index (χ1v) is 13.8. The van der Waals surface area contributed by atoms with Crippen molar-refractivity contribution in [1.29, 1.82) is 0 Å². The van der Waals surface area contributed by atoms with Gasteiger partial charge in [-0.25, -0.2) is 4.79 Å². The molecule has 0 spiro atoms. The summed E-state index contributed by atoms with van der Waals surface area (Å²) in [6.07, 6.45) is 2.84. The third-order valence-electron chi connectivity index (χ3n) is 7.53. The van der Waals surface area contributed by atoms with Crippen molar-refractivity contribution in [2.24, 2.45) is 28.1 Å². The molecular formula is C25H44N8O7. The van der Waals surface area contributed by atoms with Crippen molar-refractivity contribution in [1.82, 2.24) is 20.4 Å². The Bertz CT molecular complexity index is 957. The molecule has 2 aliphatic rings. The summed E-state index contributed by atoms with van der Waals surface area (Å²) in [6, 6.07) is -4.98. The lowest BCUT2D eigenvalue weighted by Gasteiger charge is -2.33. The number of aliphatic carboxylic acids is 1. The first kappa shape index (κ1) is 32.8. The minimum atomic E-state index is -1.21. The highest BCUT2D eigenvalue weighted by Crippen LogP contribution is 2.23. The lowest BCUT2D eigenvalue weighted by atomic mass is 9.96. The van der Waals surface area contributed by atoms with Crippen LogP contribution < -0.4 is 27.8 Å². The summed E-state index contributed by atoms with van der Waals surface area (Å²) < 4.78 is 0. The number of nitrogens with one attached hydrogen (secondary N) is 2. The molecule has 2 heterocycles. The van der Waals surface area contributed by atoms with Gasteiger partial charge in [0.2, 0.25) is 23.6 Å². The molecule has 226 valence electrons. The van der Waals surface area contributed by atoms with Crippen LogP contribution in [0.2, 0.25) is 0 Å². The van der Waals surface area contributed by atoms with Gasteiger partial charge in [0.25, 0.3) is 0 Å². The monoisotopic (exact) mass is 568 g/mol. The number of hydrogen-bond donors (Lipinski definition) is 7. The van der Waals surface area contributed by atoms with Crippen LogP contribution in [0.3, 0.4) is 0 Å². The Kier molecular flexibility index (Phi) is 12.6. The van der Waals surface area contributed by atoms with Crippen LogP contribution in [0.25, 0.3) is 0 Å². The number of carboxylic acids is 1. The second-order valence-corrected chi connectivity index (χ2v) is 10.4. The number of carbonyl (C=O) groups is 5. The summed E-state index contributed by atoms with van der Waals surface area (Å²) in [5.41, 5.74) is 16.2. The van der Waals surface area contributed by atoms with Crippen molar-refractivity contribution in [3.05, 3.63) is 0 Å². The summed E-state index contributed by atoms with van der Waals surface area (Å²) >= 11 is 0. The van der Waals surface area contributed by atoms with Crippen LogP contribution in [-0.4, -0.2) is 112 Å². The zero-order valence-corrected chi connectivity index (χ0v) is 23.3. The number of carbonyl (C=O) groups excluding carboxylic acids is 4. The fourth-order valence-corrected chi connectivity index (χ4v) is 5.04. The molecule has 0 aromatic carbocycles. The van der Waals surface area contributed by atoms with Crippen LogP contribution in [0.15, 0.2) is 4.99 Å². The fourth-order valence-electron chi connectivity index (χ4n) is 5.04. The van der Waals surface area contributed by atoms with Crippen LogP contribution in [0.5, 0.6) is 0 Å². The molecule has 40 heavy (non-hydrogen) atoms. The number of amides is 4. The number of guanidine groups is 1. The first-order valence-electron chi connectivity index (χ1n) is 13.8. The SMILES string of the molecule is CC[C@H](C)[C@H](NC(=O)[C@@H]1CCCN1C(=O)[C@@H](N)CO)C(=O)N1CCC[C@H]1C(=O)N[C@@H](CCCN=C(N)N)C(=O)O. The van der Waals surface area contributed by atoms with E-state index in [9.17, 15) is 34.2 Å². The Balaban J connectivity index is 2.13. The van der Waals surface area contributed by atoms with Crippen molar-refractivity contribution in [3.8, 4) is 0 Å². The predicted molar refractivity (Wildman–Crippen MR) is 145 cm³/mol. The minimum Gasteiger partial charge on any atom is -0.480 e. The molecular weight excluding hydrogens is 524 g/mol. The molecule has 15 heteroatoms. The molecule has 0 radical (unpaired) electrons. The Morgan fingerprint density at radius 1 is 0.975 bits per heavy atom. The van der Waals surface area contributed by atoms with E-state index in [2.05, 4.69) is 15.6 Å². The van der Waals surface area contributed by atoms with Gasteiger partial charge in [0, 0.05) is 19.6 Å². The largest absolute Gasteiger partial charge is 0.480 e. The number of hydrogen-bond acceptors (Lipinski definition) is 8. The summed E-state index contributed by atoms with van der Waals surface area (Å²) in [6.45, 7) is 3.94. The lowest BCUT2D eigenvalue weighted by molar-refractivity contribution is -0.146. The molecule has 2 fully saturated rings. The van der Waals surface area contributed by atoms with E-state index in [1.165, 1.54) is 9.80 Å². The fraction of sp³-hybridized carbons (Fsp3) is 0.760. The number of likely N-dealkylation sites (tertiary alicyclic amines) is 2. The van der Waals surface area contributed by atoms with E-state index >= 15 is 0 Å². The van der Waals surface area contributed by atoms with E-state index in [0.29, 0.717) is 45.1 Å². The van der Waals surface area contributed by atoms with Gasteiger partial charge in [-0.3, -0.25) is 24.2 Å². The molecule has 6 atom stereocenters. The maximum atomic E-state index is 13.7. The summed E-state index contributed by atoms with van der Waals surface area (Å²) in [5.74, 6) is -3.66. The van der Waals surface area contributed by atoms with Crippen molar-refractivity contribution >= 4 is 35.6 Å². The Labute approximate surface area is 233 Å². The average molecular weight is 569 g/mol. The molecule has 10 N–H and O–H groups in total. The summed E-state index contributed by atoms with van der Waals surface area (Å²) in [4.78, 5) is 70.9. The standard InChI is InChI=1S/C25H44N8O7/c1-3-14(2)19(31-21(36)18-9-5-11-32(18)22(37)15(26)13-34)23(38)33-12-6-8-17(33)20(35)30-16(24(39)40)7-4-10-29-25(27)28/h14-19,34H,3-13,26H2,1-2H3,(H,30,35)(H,31,36)(H,39,40)(H4,27,28,29)/t14-,15-,16-,17-,18-,19-/m0/s1.